The normalized spacial score (nSPS) is 14.7. The van der Waals surface area contributed by atoms with Crippen LogP contribution in [0.3, 0.4) is 0 Å². The third kappa shape index (κ3) is 1.80. The van der Waals surface area contributed by atoms with Gasteiger partial charge in [-0.2, -0.15) is 0 Å². The van der Waals surface area contributed by atoms with E-state index in [1.807, 2.05) is 0 Å². The Bertz CT molecular complexity index is 1450. The van der Waals surface area contributed by atoms with Crippen LogP contribution in [0.25, 0.3) is 44.1 Å². The molecule has 0 aliphatic heterocycles. The molecule has 0 saturated carbocycles. The SMILES string of the molecule is Cc1ccc2c3c1oc1c(C)ccc(c13)C(C)(C)c1cc3ccccc3nc1-2. The van der Waals surface area contributed by atoms with Crippen molar-refractivity contribution in [1.29, 1.82) is 0 Å². The number of furan rings is 1. The second-order valence-electron chi connectivity index (χ2n) is 8.57. The van der Waals surface area contributed by atoms with Gasteiger partial charge in [0, 0.05) is 27.1 Å². The molecule has 1 aliphatic rings. The summed E-state index contributed by atoms with van der Waals surface area (Å²) in [6.07, 6.45) is 0. The Morgan fingerprint density at radius 2 is 1.50 bits per heavy atom. The second-order valence-corrected chi connectivity index (χ2v) is 8.57. The lowest BCUT2D eigenvalue weighted by molar-refractivity contribution is 0.640. The third-order valence-corrected chi connectivity index (χ3v) is 6.49. The van der Waals surface area contributed by atoms with Crippen LogP contribution >= 0.6 is 0 Å². The van der Waals surface area contributed by atoms with Gasteiger partial charge in [-0.15, -0.1) is 0 Å². The molecule has 0 N–H and O–H groups in total. The molecule has 2 heterocycles. The van der Waals surface area contributed by atoms with Crippen LogP contribution in [0.2, 0.25) is 0 Å². The van der Waals surface area contributed by atoms with Crippen molar-refractivity contribution in [2.45, 2.75) is 33.1 Å². The molecule has 5 aromatic rings. The molecular formula is C26H21NO. The number of aromatic nitrogens is 1. The molecule has 2 aromatic heterocycles. The van der Waals surface area contributed by atoms with E-state index in [4.69, 9.17) is 9.40 Å². The first kappa shape index (κ1) is 15.9. The molecule has 0 bridgehead atoms. The molecule has 3 aromatic carbocycles. The van der Waals surface area contributed by atoms with Gasteiger partial charge in [0.1, 0.15) is 11.2 Å². The molecular weight excluding hydrogens is 342 g/mol. The first-order valence-electron chi connectivity index (χ1n) is 9.83. The van der Waals surface area contributed by atoms with E-state index in [9.17, 15) is 0 Å². The molecule has 2 heteroatoms. The predicted molar refractivity (Wildman–Crippen MR) is 116 cm³/mol. The Morgan fingerprint density at radius 3 is 2.32 bits per heavy atom. The van der Waals surface area contributed by atoms with E-state index in [0.717, 1.165) is 22.4 Å². The standard InChI is InChI=1S/C26H21NO/c1-14-9-11-17-21-22-18(12-10-15(2)25(22)28-24(14)21)26(3,4)19-13-16-7-5-6-8-20(16)27-23(17)19/h5-13H,1-4H3. The maximum atomic E-state index is 6.44. The van der Waals surface area contributed by atoms with E-state index in [-0.39, 0.29) is 5.41 Å². The lowest BCUT2D eigenvalue weighted by Crippen LogP contribution is -2.20. The molecule has 0 amide bonds. The van der Waals surface area contributed by atoms with Crippen LogP contribution in [0.1, 0.15) is 36.1 Å². The molecule has 0 saturated heterocycles. The Labute approximate surface area is 163 Å². The Kier molecular flexibility index (Phi) is 2.85. The van der Waals surface area contributed by atoms with Gasteiger partial charge in [0.05, 0.1) is 11.2 Å². The van der Waals surface area contributed by atoms with Crippen molar-refractivity contribution < 1.29 is 4.42 Å². The number of pyridine rings is 1. The number of aryl methyl sites for hydroxylation is 2. The second kappa shape index (κ2) is 5.02. The quantitative estimate of drug-likeness (QED) is 0.294. The van der Waals surface area contributed by atoms with Crippen LogP contribution < -0.4 is 0 Å². The fraction of sp³-hybridized carbons (Fsp3) is 0.192. The van der Waals surface area contributed by atoms with Crippen molar-refractivity contribution in [2.75, 3.05) is 0 Å². The maximum absolute atomic E-state index is 6.44. The molecule has 6 rings (SSSR count). The van der Waals surface area contributed by atoms with Crippen molar-refractivity contribution in [2.24, 2.45) is 0 Å². The zero-order valence-corrected chi connectivity index (χ0v) is 16.6. The first-order chi connectivity index (χ1) is 13.5. The first-order valence-corrected chi connectivity index (χ1v) is 9.83. The molecule has 28 heavy (non-hydrogen) atoms. The smallest absolute Gasteiger partial charge is 0.139 e. The monoisotopic (exact) mass is 363 g/mol. The van der Waals surface area contributed by atoms with Crippen LogP contribution in [-0.4, -0.2) is 4.98 Å². The Morgan fingerprint density at radius 1 is 0.786 bits per heavy atom. The lowest BCUT2D eigenvalue weighted by Gasteiger charge is -2.28. The highest BCUT2D eigenvalue weighted by Gasteiger charge is 2.35. The summed E-state index contributed by atoms with van der Waals surface area (Å²) in [7, 11) is 0. The van der Waals surface area contributed by atoms with Crippen LogP contribution in [0.15, 0.2) is 59.0 Å². The lowest BCUT2D eigenvalue weighted by atomic mass is 9.76. The number of para-hydroxylation sites is 1. The summed E-state index contributed by atoms with van der Waals surface area (Å²) in [5.74, 6) is 0. The molecule has 2 nitrogen and oxygen atoms in total. The summed E-state index contributed by atoms with van der Waals surface area (Å²) in [6.45, 7) is 8.88. The molecule has 0 unspecified atom stereocenters. The van der Waals surface area contributed by atoms with Gasteiger partial charge in [-0.1, -0.05) is 56.3 Å². The number of nitrogens with zero attached hydrogens (tertiary/aromatic N) is 1. The summed E-state index contributed by atoms with van der Waals surface area (Å²) in [4.78, 5) is 5.16. The van der Waals surface area contributed by atoms with Gasteiger partial charge in [-0.25, -0.2) is 4.98 Å². The van der Waals surface area contributed by atoms with Gasteiger partial charge in [0.2, 0.25) is 0 Å². The highest BCUT2D eigenvalue weighted by atomic mass is 16.3. The number of hydrogen-bond acceptors (Lipinski definition) is 2. The largest absolute Gasteiger partial charge is 0.455 e. The minimum atomic E-state index is -0.179. The fourth-order valence-corrected chi connectivity index (χ4v) is 4.90. The highest BCUT2D eigenvalue weighted by molar-refractivity contribution is 6.17. The van der Waals surface area contributed by atoms with Gasteiger partial charge in [-0.3, -0.25) is 0 Å². The average molecular weight is 363 g/mol. The summed E-state index contributed by atoms with van der Waals surface area (Å²) in [6, 6.07) is 19.6. The molecule has 0 spiro atoms. The molecule has 0 atom stereocenters. The minimum absolute atomic E-state index is 0.179. The van der Waals surface area contributed by atoms with Crippen LogP contribution in [0, 0.1) is 13.8 Å². The number of benzene rings is 3. The van der Waals surface area contributed by atoms with Gasteiger partial charge in [0.15, 0.2) is 0 Å². The third-order valence-electron chi connectivity index (χ3n) is 6.49. The van der Waals surface area contributed by atoms with Gasteiger partial charge < -0.3 is 4.42 Å². The van der Waals surface area contributed by atoms with Crippen LogP contribution in [0.5, 0.6) is 0 Å². The summed E-state index contributed by atoms with van der Waals surface area (Å²) >= 11 is 0. The van der Waals surface area contributed by atoms with E-state index in [2.05, 4.69) is 82.3 Å². The fourth-order valence-electron chi connectivity index (χ4n) is 4.90. The van der Waals surface area contributed by atoms with Gasteiger partial charge >= 0.3 is 0 Å². The zero-order valence-electron chi connectivity index (χ0n) is 16.6. The average Bonchev–Trinajstić information content (AvgIpc) is 3.07. The zero-order chi connectivity index (χ0) is 19.2. The molecule has 136 valence electrons. The van der Waals surface area contributed by atoms with Crippen molar-refractivity contribution in [3.8, 4) is 11.3 Å². The van der Waals surface area contributed by atoms with Crippen LogP contribution in [0.4, 0.5) is 0 Å². The van der Waals surface area contributed by atoms with E-state index >= 15 is 0 Å². The Balaban J connectivity index is 1.93. The van der Waals surface area contributed by atoms with Gasteiger partial charge in [-0.05, 0) is 48.2 Å². The molecule has 0 fully saturated rings. The number of fused-ring (bicyclic) bond motifs is 3. The van der Waals surface area contributed by atoms with Crippen molar-refractivity contribution >= 4 is 32.8 Å². The van der Waals surface area contributed by atoms with Gasteiger partial charge in [0.25, 0.3) is 0 Å². The maximum Gasteiger partial charge on any atom is 0.139 e. The van der Waals surface area contributed by atoms with E-state index in [0.29, 0.717) is 0 Å². The van der Waals surface area contributed by atoms with Crippen molar-refractivity contribution in [3.63, 3.8) is 0 Å². The predicted octanol–water partition coefficient (Wildman–Crippen LogP) is 7.06. The number of rotatable bonds is 0. The van der Waals surface area contributed by atoms with Crippen molar-refractivity contribution in [3.05, 3.63) is 76.9 Å². The summed E-state index contributed by atoms with van der Waals surface area (Å²) in [5, 5.41) is 3.65. The highest BCUT2D eigenvalue weighted by Crippen LogP contribution is 2.50. The number of hydrogen-bond donors (Lipinski definition) is 0. The van der Waals surface area contributed by atoms with E-state index < -0.39 is 0 Å². The Hall–Kier alpha value is -3.13. The van der Waals surface area contributed by atoms with E-state index in [1.54, 1.807) is 0 Å². The topological polar surface area (TPSA) is 26.0 Å². The molecule has 1 aliphatic carbocycles. The summed E-state index contributed by atoms with van der Waals surface area (Å²) < 4.78 is 6.44. The van der Waals surface area contributed by atoms with Crippen LogP contribution in [-0.2, 0) is 5.41 Å². The van der Waals surface area contributed by atoms with E-state index in [1.165, 1.54) is 44.0 Å². The molecule has 0 radical (unpaired) electrons. The summed E-state index contributed by atoms with van der Waals surface area (Å²) in [5.41, 5.74) is 10.0. The minimum Gasteiger partial charge on any atom is -0.455 e. The van der Waals surface area contributed by atoms with Crippen molar-refractivity contribution in [1.82, 2.24) is 4.98 Å².